The lowest BCUT2D eigenvalue weighted by Gasteiger charge is -2.12. The van der Waals surface area contributed by atoms with Gasteiger partial charge in [-0.25, -0.2) is 18.1 Å². The summed E-state index contributed by atoms with van der Waals surface area (Å²) in [7, 11) is -3.61. The molecule has 106 valence electrons. The van der Waals surface area contributed by atoms with Crippen LogP contribution in [0.1, 0.15) is 33.0 Å². The van der Waals surface area contributed by atoms with Crippen LogP contribution in [0.3, 0.4) is 0 Å². The van der Waals surface area contributed by atoms with Crippen LogP contribution >= 0.6 is 0 Å². The van der Waals surface area contributed by atoms with Crippen LogP contribution in [0.15, 0.2) is 12.4 Å². The first kappa shape index (κ1) is 15.7. The van der Waals surface area contributed by atoms with Gasteiger partial charge in [0.05, 0.1) is 12.6 Å². The van der Waals surface area contributed by atoms with Gasteiger partial charge in [0.15, 0.2) is 5.25 Å². The molecule has 0 saturated heterocycles. The Kier molecular flexibility index (Phi) is 5.51. The van der Waals surface area contributed by atoms with Crippen molar-refractivity contribution in [3.8, 4) is 6.07 Å². The molecule has 1 rings (SSSR count). The zero-order valence-electron chi connectivity index (χ0n) is 11.5. The lowest BCUT2D eigenvalue weighted by molar-refractivity contribution is 0.502. The summed E-state index contributed by atoms with van der Waals surface area (Å²) in [5.41, 5.74) is 0. The average Bonchev–Trinajstić information content (AvgIpc) is 2.74. The molecule has 0 radical (unpaired) electrons. The minimum Gasteiger partial charge on any atom is -0.334 e. The Bertz CT molecular complexity index is 542. The Morgan fingerprint density at radius 2 is 2.21 bits per heavy atom. The fourth-order valence-corrected chi connectivity index (χ4v) is 2.82. The number of nitrogens with zero attached hydrogens (tertiary/aromatic N) is 3. The largest absolute Gasteiger partial charge is 0.334 e. The first-order valence-electron chi connectivity index (χ1n) is 6.28. The smallest absolute Gasteiger partial charge is 0.228 e. The Hall–Kier alpha value is -1.39. The molecule has 0 aliphatic heterocycles. The summed E-state index contributed by atoms with van der Waals surface area (Å²) >= 11 is 0. The third kappa shape index (κ3) is 4.33. The molecule has 7 heteroatoms. The van der Waals surface area contributed by atoms with E-state index in [4.69, 9.17) is 5.26 Å². The van der Waals surface area contributed by atoms with Crippen LogP contribution in [0.4, 0.5) is 0 Å². The van der Waals surface area contributed by atoms with Crippen LogP contribution in [-0.2, 0) is 23.1 Å². The van der Waals surface area contributed by atoms with Gasteiger partial charge in [-0.1, -0.05) is 20.8 Å². The molecule has 1 aromatic rings. The van der Waals surface area contributed by atoms with Gasteiger partial charge in [0.25, 0.3) is 0 Å². The fourth-order valence-electron chi connectivity index (χ4n) is 1.71. The topological polar surface area (TPSA) is 87.8 Å². The third-order valence-electron chi connectivity index (χ3n) is 2.68. The molecule has 1 N–H and O–H groups in total. The van der Waals surface area contributed by atoms with Gasteiger partial charge >= 0.3 is 0 Å². The van der Waals surface area contributed by atoms with Crippen LogP contribution in [-0.4, -0.2) is 23.2 Å². The fraction of sp³-hybridized carbons (Fsp3) is 0.667. The Morgan fingerprint density at radius 1 is 1.53 bits per heavy atom. The zero-order valence-corrected chi connectivity index (χ0v) is 12.3. The maximum Gasteiger partial charge on any atom is 0.228 e. The lowest BCUT2D eigenvalue weighted by atomic mass is 10.2. The van der Waals surface area contributed by atoms with Crippen molar-refractivity contribution in [2.45, 2.75) is 45.5 Å². The molecule has 0 amide bonds. The molecule has 1 aromatic heterocycles. The average molecular weight is 284 g/mol. The SMILES string of the molecule is CC[C@H](C#N)S(=O)(=O)NCc1nccn1CC(C)C. The van der Waals surface area contributed by atoms with E-state index in [1.165, 1.54) is 0 Å². The van der Waals surface area contributed by atoms with Gasteiger partial charge < -0.3 is 4.57 Å². The van der Waals surface area contributed by atoms with Gasteiger partial charge in [-0.3, -0.25) is 0 Å². The lowest BCUT2D eigenvalue weighted by Crippen LogP contribution is -2.33. The van der Waals surface area contributed by atoms with Gasteiger partial charge in [0.2, 0.25) is 10.0 Å². The highest BCUT2D eigenvalue weighted by molar-refractivity contribution is 7.90. The molecule has 6 nitrogen and oxygen atoms in total. The number of hydrogen-bond donors (Lipinski definition) is 1. The summed E-state index contributed by atoms with van der Waals surface area (Å²) < 4.78 is 28.1. The van der Waals surface area contributed by atoms with E-state index >= 15 is 0 Å². The molecule has 0 fully saturated rings. The van der Waals surface area contributed by atoms with Crippen LogP contribution in [0, 0.1) is 17.2 Å². The molecule has 0 spiro atoms. The minimum absolute atomic E-state index is 0.111. The highest BCUT2D eigenvalue weighted by atomic mass is 32.2. The second-order valence-electron chi connectivity index (χ2n) is 4.78. The first-order valence-corrected chi connectivity index (χ1v) is 7.83. The van der Waals surface area contributed by atoms with Crippen molar-refractivity contribution in [1.82, 2.24) is 14.3 Å². The van der Waals surface area contributed by atoms with Gasteiger partial charge in [-0.15, -0.1) is 0 Å². The molecule has 0 aromatic carbocycles. The Balaban J connectivity index is 2.72. The van der Waals surface area contributed by atoms with E-state index in [9.17, 15) is 8.42 Å². The van der Waals surface area contributed by atoms with Crippen molar-refractivity contribution in [1.29, 1.82) is 5.26 Å². The number of hydrogen-bond acceptors (Lipinski definition) is 4. The van der Waals surface area contributed by atoms with Gasteiger partial charge in [0, 0.05) is 18.9 Å². The van der Waals surface area contributed by atoms with Crippen LogP contribution < -0.4 is 4.72 Å². The molecule has 0 aliphatic carbocycles. The number of imidazole rings is 1. The maximum atomic E-state index is 11.9. The van der Waals surface area contributed by atoms with Crippen LogP contribution in [0.2, 0.25) is 0 Å². The van der Waals surface area contributed by atoms with Crippen molar-refractivity contribution in [2.75, 3.05) is 0 Å². The van der Waals surface area contributed by atoms with E-state index in [1.54, 1.807) is 19.2 Å². The van der Waals surface area contributed by atoms with E-state index in [2.05, 4.69) is 23.6 Å². The first-order chi connectivity index (χ1) is 8.90. The van der Waals surface area contributed by atoms with Gasteiger partial charge in [0.1, 0.15) is 5.82 Å². The zero-order chi connectivity index (χ0) is 14.5. The maximum absolute atomic E-state index is 11.9. The second kappa shape index (κ2) is 6.68. The summed E-state index contributed by atoms with van der Waals surface area (Å²) in [5, 5.41) is 7.79. The van der Waals surface area contributed by atoms with Crippen LogP contribution in [0.5, 0.6) is 0 Å². The molecule has 0 saturated carbocycles. The minimum atomic E-state index is -3.61. The van der Waals surface area contributed by atoms with E-state index in [0.717, 1.165) is 6.54 Å². The molecule has 0 unspecified atom stereocenters. The quantitative estimate of drug-likeness (QED) is 0.816. The molecular weight excluding hydrogens is 264 g/mol. The Labute approximate surface area is 114 Å². The molecule has 1 atom stereocenters. The summed E-state index contributed by atoms with van der Waals surface area (Å²) in [6.45, 7) is 6.73. The summed E-state index contributed by atoms with van der Waals surface area (Å²) in [4.78, 5) is 4.14. The number of rotatable bonds is 7. The van der Waals surface area contributed by atoms with E-state index in [0.29, 0.717) is 11.7 Å². The number of aromatic nitrogens is 2. The molecule has 19 heavy (non-hydrogen) atoms. The number of sulfonamides is 1. The molecule has 0 aliphatic rings. The van der Waals surface area contributed by atoms with Gasteiger partial charge in [-0.2, -0.15) is 5.26 Å². The van der Waals surface area contributed by atoms with E-state index in [-0.39, 0.29) is 13.0 Å². The predicted octanol–water partition coefficient (Wildman–Crippen LogP) is 1.26. The molecule has 1 heterocycles. The molecular formula is C12H20N4O2S. The molecule has 0 bridgehead atoms. The van der Waals surface area contributed by atoms with Crippen molar-refractivity contribution in [2.24, 2.45) is 5.92 Å². The number of nitriles is 1. The predicted molar refractivity (Wildman–Crippen MR) is 72.5 cm³/mol. The monoisotopic (exact) mass is 284 g/mol. The second-order valence-corrected chi connectivity index (χ2v) is 6.73. The summed E-state index contributed by atoms with van der Waals surface area (Å²) in [6.07, 6.45) is 3.74. The van der Waals surface area contributed by atoms with E-state index < -0.39 is 15.3 Å². The number of nitrogens with one attached hydrogen (secondary N) is 1. The summed E-state index contributed by atoms with van der Waals surface area (Å²) in [6, 6.07) is 1.79. The van der Waals surface area contributed by atoms with Crippen molar-refractivity contribution in [3.05, 3.63) is 18.2 Å². The summed E-state index contributed by atoms with van der Waals surface area (Å²) in [5.74, 6) is 1.11. The van der Waals surface area contributed by atoms with Crippen molar-refractivity contribution in [3.63, 3.8) is 0 Å². The highest BCUT2D eigenvalue weighted by Gasteiger charge is 2.23. The Morgan fingerprint density at radius 3 is 2.74 bits per heavy atom. The highest BCUT2D eigenvalue weighted by Crippen LogP contribution is 2.06. The van der Waals surface area contributed by atoms with Crippen molar-refractivity contribution < 1.29 is 8.42 Å². The van der Waals surface area contributed by atoms with E-state index in [1.807, 2.05) is 10.8 Å². The normalized spacial score (nSPS) is 13.4. The van der Waals surface area contributed by atoms with Crippen LogP contribution in [0.25, 0.3) is 0 Å². The van der Waals surface area contributed by atoms with Crippen molar-refractivity contribution >= 4 is 10.0 Å². The third-order valence-corrected chi connectivity index (χ3v) is 4.42. The standard InChI is InChI=1S/C12H20N4O2S/c1-4-11(7-13)19(17,18)15-8-12-14-5-6-16(12)9-10(2)3/h5-6,10-11,15H,4,8-9H2,1-3H3/t11-/m1/s1. The van der Waals surface area contributed by atoms with Gasteiger partial charge in [-0.05, 0) is 12.3 Å².